The number of aromatic nitrogens is 1. The molecule has 0 unspecified atom stereocenters. The summed E-state index contributed by atoms with van der Waals surface area (Å²) < 4.78 is 28.9. The average molecular weight is 513 g/mol. The van der Waals surface area contributed by atoms with Crippen molar-refractivity contribution in [2.24, 2.45) is 0 Å². The van der Waals surface area contributed by atoms with Gasteiger partial charge in [-0.05, 0) is 51.0 Å². The third kappa shape index (κ3) is 4.85. The van der Waals surface area contributed by atoms with Crippen LogP contribution in [0.25, 0.3) is 10.1 Å². The van der Waals surface area contributed by atoms with Crippen molar-refractivity contribution in [1.29, 1.82) is 0 Å². The molecule has 1 fully saturated rings. The lowest BCUT2D eigenvalue weighted by Gasteiger charge is -2.33. The number of thiazole rings is 1. The Morgan fingerprint density at radius 1 is 1.16 bits per heavy atom. The minimum atomic E-state index is -3.62. The third-order valence-electron chi connectivity index (χ3n) is 5.44. The number of rotatable bonds is 6. The van der Waals surface area contributed by atoms with E-state index in [1.807, 2.05) is 27.1 Å². The zero-order valence-corrected chi connectivity index (χ0v) is 21.4. The number of likely N-dealkylation sites (N-methyl/N-ethyl adjacent to an activating group) is 1. The Morgan fingerprint density at radius 3 is 2.56 bits per heavy atom. The van der Waals surface area contributed by atoms with Gasteiger partial charge in [0.2, 0.25) is 0 Å². The van der Waals surface area contributed by atoms with Gasteiger partial charge in [-0.25, -0.2) is 13.4 Å². The van der Waals surface area contributed by atoms with Gasteiger partial charge in [0.1, 0.15) is 4.21 Å². The van der Waals surface area contributed by atoms with E-state index >= 15 is 0 Å². The van der Waals surface area contributed by atoms with E-state index in [0.29, 0.717) is 27.3 Å². The highest BCUT2D eigenvalue weighted by Gasteiger charge is 2.32. The molecular weight excluding hydrogens is 488 g/mol. The Kier molecular flexibility index (Phi) is 6.90. The monoisotopic (exact) mass is 512 g/mol. The summed E-state index contributed by atoms with van der Waals surface area (Å²) in [5.74, 6) is -0.122. The maximum absolute atomic E-state index is 13.1. The number of aryl methyl sites for hydroxylation is 1. The minimum absolute atomic E-state index is 0.122. The number of hydrogen-bond acceptors (Lipinski definition) is 7. The van der Waals surface area contributed by atoms with Crippen LogP contribution in [0.4, 0.5) is 0 Å². The van der Waals surface area contributed by atoms with Crippen LogP contribution < -0.4 is 0 Å². The summed E-state index contributed by atoms with van der Waals surface area (Å²) in [7, 11) is 0.420. The van der Waals surface area contributed by atoms with E-state index < -0.39 is 10.0 Å². The SMILES string of the molecule is Cc1nc(C(=O)N2CCN(S(=O)(=O)c3cc4ccc(Cl)cc4s3)CC2)sc1CCN(C)C. The Labute approximate surface area is 201 Å². The van der Waals surface area contributed by atoms with E-state index in [2.05, 4.69) is 9.88 Å². The summed E-state index contributed by atoms with van der Waals surface area (Å²) in [6, 6.07) is 7.05. The van der Waals surface area contributed by atoms with Crippen molar-refractivity contribution in [1.82, 2.24) is 19.1 Å². The maximum atomic E-state index is 13.1. The molecule has 0 aliphatic carbocycles. The molecule has 0 N–H and O–H groups in total. The largest absolute Gasteiger partial charge is 0.334 e. The molecule has 1 saturated heterocycles. The van der Waals surface area contributed by atoms with Gasteiger partial charge in [-0.1, -0.05) is 17.7 Å². The topological polar surface area (TPSA) is 73.8 Å². The van der Waals surface area contributed by atoms with Crippen LogP contribution in [-0.4, -0.2) is 80.2 Å². The van der Waals surface area contributed by atoms with Gasteiger partial charge < -0.3 is 9.80 Å². The van der Waals surface area contributed by atoms with Crippen LogP contribution in [0.5, 0.6) is 0 Å². The highest BCUT2D eigenvalue weighted by atomic mass is 35.5. The summed E-state index contributed by atoms with van der Waals surface area (Å²) in [4.78, 5) is 22.4. The third-order valence-corrected chi connectivity index (χ3v) is 10.3. The number of fused-ring (bicyclic) bond motifs is 1. The van der Waals surface area contributed by atoms with E-state index in [4.69, 9.17) is 11.6 Å². The number of carbonyl (C=O) groups is 1. The summed E-state index contributed by atoms with van der Waals surface area (Å²) in [6.45, 7) is 4.06. The van der Waals surface area contributed by atoms with E-state index in [-0.39, 0.29) is 19.0 Å². The summed E-state index contributed by atoms with van der Waals surface area (Å²) in [5.41, 5.74) is 0.895. The first-order valence-electron chi connectivity index (χ1n) is 10.2. The van der Waals surface area contributed by atoms with E-state index in [0.717, 1.165) is 33.6 Å². The van der Waals surface area contributed by atoms with Gasteiger partial charge in [0.25, 0.3) is 15.9 Å². The van der Waals surface area contributed by atoms with Crippen molar-refractivity contribution >= 4 is 60.3 Å². The number of piperazine rings is 1. The van der Waals surface area contributed by atoms with Crippen molar-refractivity contribution < 1.29 is 13.2 Å². The van der Waals surface area contributed by atoms with Gasteiger partial charge in [-0.15, -0.1) is 22.7 Å². The Bertz CT molecular complexity index is 1240. The molecule has 11 heteroatoms. The van der Waals surface area contributed by atoms with Crippen molar-refractivity contribution in [2.45, 2.75) is 17.6 Å². The van der Waals surface area contributed by atoms with Gasteiger partial charge in [0.05, 0.1) is 5.69 Å². The van der Waals surface area contributed by atoms with Crippen LogP contribution in [0.1, 0.15) is 20.4 Å². The van der Waals surface area contributed by atoms with Gasteiger partial charge in [0.15, 0.2) is 5.01 Å². The van der Waals surface area contributed by atoms with Crippen molar-refractivity contribution in [3.05, 3.63) is 44.9 Å². The second kappa shape index (κ2) is 9.36. The molecule has 2 aromatic heterocycles. The molecule has 4 rings (SSSR count). The molecule has 172 valence electrons. The lowest BCUT2D eigenvalue weighted by atomic mass is 10.3. The fourth-order valence-corrected chi connectivity index (χ4v) is 7.85. The molecule has 3 heterocycles. The number of amides is 1. The lowest BCUT2D eigenvalue weighted by molar-refractivity contribution is 0.0697. The number of benzene rings is 1. The number of hydrogen-bond donors (Lipinski definition) is 0. The summed E-state index contributed by atoms with van der Waals surface area (Å²) >= 11 is 8.69. The van der Waals surface area contributed by atoms with Gasteiger partial charge in [0, 0.05) is 47.3 Å². The predicted octanol–water partition coefficient (Wildman–Crippen LogP) is 3.57. The van der Waals surface area contributed by atoms with E-state index in [1.54, 1.807) is 23.1 Å². The van der Waals surface area contributed by atoms with Crippen LogP contribution >= 0.6 is 34.3 Å². The van der Waals surface area contributed by atoms with Gasteiger partial charge in [-0.2, -0.15) is 4.31 Å². The molecule has 3 aromatic rings. The molecule has 0 saturated carbocycles. The van der Waals surface area contributed by atoms with Crippen molar-refractivity contribution in [3.63, 3.8) is 0 Å². The lowest BCUT2D eigenvalue weighted by Crippen LogP contribution is -2.50. The number of carbonyl (C=O) groups excluding carboxylic acids is 1. The molecule has 32 heavy (non-hydrogen) atoms. The Balaban J connectivity index is 1.43. The zero-order chi connectivity index (χ0) is 23.0. The molecule has 0 spiro atoms. The molecule has 0 bridgehead atoms. The number of halogens is 1. The first-order valence-corrected chi connectivity index (χ1v) is 13.7. The minimum Gasteiger partial charge on any atom is -0.334 e. The summed E-state index contributed by atoms with van der Waals surface area (Å²) in [6.07, 6.45) is 0.857. The highest BCUT2D eigenvalue weighted by molar-refractivity contribution is 7.91. The van der Waals surface area contributed by atoms with Crippen LogP contribution in [0.2, 0.25) is 5.02 Å². The second-order valence-corrected chi connectivity index (χ2v) is 12.8. The highest BCUT2D eigenvalue weighted by Crippen LogP contribution is 2.33. The number of sulfonamides is 1. The van der Waals surface area contributed by atoms with E-state index in [1.165, 1.54) is 27.0 Å². The van der Waals surface area contributed by atoms with Crippen molar-refractivity contribution in [3.8, 4) is 0 Å². The fraction of sp³-hybridized carbons (Fsp3) is 0.429. The molecule has 0 radical (unpaired) electrons. The molecule has 1 aliphatic rings. The Morgan fingerprint density at radius 2 is 1.88 bits per heavy atom. The predicted molar refractivity (Wildman–Crippen MR) is 131 cm³/mol. The van der Waals surface area contributed by atoms with Crippen molar-refractivity contribution in [2.75, 3.05) is 46.8 Å². The average Bonchev–Trinajstić information content (AvgIpc) is 3.35. The van der Waals surface area contributed by atoms with Gasteiger partial charge in [-0.3, -0.25) is 4.79 Å². The van der Waals surface area contributed by atoms with Crippen LogP contribution in [0.15, 0.2) is 28.5 Å². The first kappa shape index (κ1) is 23.6. The maximum Gasteiger partial charge on any atom is 0.282 e. The Hall–Kier alpha value is -1.56. The standard InChI is InChI=1S/C21H25ClN4O3S3/c1-14-17(6-7-24(2)3)31-20(23-14)21(27)25-8-10-26(11-9-25)32(28,29)19-12-15-4-5-16(22)13-18(15)30-19/h4-5,12-13H,6-11H2,1-3H3. The van der Waals surface area contributed by atoms with E-state index in [9.17, 15) is 13.2 Å². The van der Waals surface area contributed by atoms with Crippen LogP contribution in [-0.2, 0) is 16.4 Å². The molecule has 1 amide bonds. The van der Waals surface area contributed by atoms with Crippen LogP contribution in [0, 0.1) is 6.92 Å². The normalized spacial score (nSPS) is 15.7. The zero-order valence-electron chi connectivity index (χ0n) is 18.2. The summed E-state index contributed by atoms with van der Waals surface area (Å²) in [5, 5.41) is 1.92. The number of thiophene rings is 1. The smallest absolute Gasteiger partial charge is 0.282 e. The molecular formula is C21H25ClN4O3S3. The molecule has 0 atom stereocenters. The second-order valence-electron chi connectivity index (χ2n) is 8.02. The van der Waals surface area contributed by atoms with Crippen LogP contribution in [0.3, 0.4) is 0 Å². The fourth-order valence-electron chi connectivity index (χ4n) is 3.58. The van der Waals surface area contributed by atoms with Gasteiger partial charge >= 0.3 is 0 Å². The molecule has 1 aliphatic heterocycles. The molecule has 1 aromatic carbocycles. The number of nitrogens with zero attached hydrogens (tertiary/aromatic N) is 4. The quantitative estimate of drug-likeness (QED) is 0.505. The first-order chi connectivity index (χ1) is 15.1. The molecule has 7 nitrogen and oxygen atoms in total.